The molecule has 1 unspecified atom stereocenters. The molecule has 0 radical (unpaired) electrons. The van der Waals surface area contributed by atoms with Gasteiger partial charge in [0.25, 0.3) is 0 Å². The molecule has 1 saturated heterocycles. The quantitative estimate of drug-likeness (QED) is 0.705. The largest absolute Gasteiger partial charge is 0.343 e. The zero-order chi connectivity index (χ0) is 9.10. The van der Waals surface area contributed by atoms with E-state index in [1.54, 1.807) is 0 Å². The highest BCUT2D eigenvalue weighted by Gasteiger charge is 2.18. The van der Waals surface area contributed by atoms with Crippen LogP contribution in [0.3, 0.4) is 0 Å². The van der Waals surface area contributed by atoms with Gasteiger partial charge in [-0.15, -0.1) is 0 Å². The second-order valence-electron chi connectivity index (χ2n) is 3.48. The lowest BCUT2D eigenvalue weighted by Crippen LogP contribution is -2.31. The van der Waals surface area contributed by atoms with Gasteiger partial charge in [-0.3, -0.25) is 0 Å². The molecule has 1 aromatic rings. The number of likely N-dealkylation sites (tertiary alicyclic amines) is 1. The van der Waals surface area contributed by atoms with Crippen LogP contribution in [0.4, 0.5) is 0 Å². The molecule has 2 rings (SSSR count). The van der Waals surface area contributed by atoms with E-state index >= 15 is 0 Å². The third-order valence-electron chi connectivity index (χ3n) is 2.35. The van der Waals surface area contributed by atoms with Crippen LogP contribution >= 0.6 is 0 Å². The van der Waals surface area contributed by atoms with Crippen LogP contribution in [0.25, 0.3) is 0 Å². The number of nitrogens with one attached hydrogen (secondary N) is 1. The Balaban J connectivity index is 1.74. The topological polar surface area (TPSA) is 54.2 Å². The van der Waals surface area contributed by atoms with Crippen LogP contribution < -0.4 is 5.32 Å². The molecule has 5 nitrogen and oxygen atoms in total. The van der Waals surface area contributed by atoms with Gasteiger partial charge in [-0.2, -0.15) is 4.98 Å². The Hall–Kier alpha value is -0.940. The van der Waals surface area contributed by atoms with E-state index in [1.165, 1.54) is 19.4 Å². The van der Waals surface area contributed by atoms with Gasteiger partial charge in [0, 0.05) is 12.6 Å². The van der Waals surface area contributed by atoms with E-state index in [0.29, 0.717) is 12.6 Å². The number of likely N-dealkylation sites (N-methyl/N-ethyl adjacent to an activating group) is 1. The van der Waals surface area contributed by atoms with Gasteiger partial charge in [0.2, 0.25) is 6.39 Å². The fourth-order valence-corrected chi connectivity index (χ4v) is 1.61. The first kappa shape index (κ1) is 8.65. The Morgan fingerprint density at radius 3 is 3.31 bits per heavy atom. The summed E-state index contributed by atoms with van der Waals surface area (Å²) in [6.07, 6.45) is 2.56. The molecule has 1 atom stereocenters. The molecule has 1 fully saturated rings. The Morgan fingerprint density at radius 1 is 1.77 bits per heavy atom. The minimum absolute atomic E-state index is 0.573. The molecule has 1 N–H and O–H groups in total. The zero-order valence-electron chi connectivity index (χ0n) is 7.73. The van der Waals surface area contributed by atoms with Crippen LogP contribution in [0.5, 0.6) is 0 Å². The average molecular weight is 182 g/mol. The molecule has 5 heteroatoms. The minimum atomic E-state index is 0.573. The highest BCUT2D eigenvalue weighted by atomic mass is 16.5. The van der Waals surface area contributed by atoms with Gasteiger partial charge >= 0.3 is 0 Å². The molecule has 0 bridgehead atoms. The molecule has 0 aromatic carbocycles. The number of nitrogens with zero attached hydrogens (tertiary/aromatic N) is 3. The fraction of sp³-hybridized carbons (Fsp3) is 0.750. The molecule has 1 aromatic heterocycles. The summed E-state index contributed by atoms with van der Waals surface area (Å²) in [6, 6.07) is 0.573. The molecule has 0 spiro atoms. The average Bonchev–Trinajstić information content (AvgIpc) is 2.71. The van der Waals surface area contributed by atoms with Gasteiger partial charge in [0.1, 0.15) is 0 Å². The maximum Gasteiger partial charge on any atom is 0.213 e. The summed E-state index contributed by atoms with van der Waals surface area (Å²) in [5, 5.41) is 7.12. The van der Waals surface area contributed by atoms with E-state index in [4.69, 9.17) is 0 Å². The normalized spacial score (nSPS) is 23.9. The molecule has 0 amide bonds. The molecule has 72 valence electrons. The van der Waals surface area contributed by atoms with Crippen molar-refractivity contribution < 1.29 is 4.52 Å². The van der Waals surface area contributed by atoms with Crippen molar-refractivity contribution in [1.29, 1.82) is 0 Å². The highest BCUT2D eigenvalue weighted by molar-refractivity contribution is 4.83. The van der Waals surface area contributed by atoms with Crippen LogP contribution in [0.15, 0.2) is 10.9 Å². The van der Waals surface area contributed by atoms with Crippen molar-refractivity contribution >= 4 is 0 Å². The maximum absolute atomic E-state index is 4.64. The predicted octanol–water partition coefficient (Wildman–Crippen LogP) is -0.137. The summed E-state index contributed by atoms with van der Waals surface area (Å²) in [5.74, 6) is 0.731. The summed E-state index contributed by atoms with van der Waals surface area (Å²) in [7, 11) is 2.13. The van der Waals surface area contributed by atoms with Crippen LogP contribution in [0.2, 0.25) is 0 Å². The van der Waals surface area contributed by atoms with Gasteiger partial charge in [-0.1, -0.05) is 5.16 Å². The summed E-state index contributed by atoms with van der Waals surface area (Å²) in [6.45, 7) is 2.98. The monoisotopic (exact) mass is 182 g/mol. The lowest BCUT2D eigenvalue weighted by molar-refractivity contribution is 0.389. The highest BCUT2D eigenvalue weighted by Crippen LogP contribution is 2.06. The Bertz CT molecular complexity index is 249. The Morgan fingerprint density at radius 2 is 2.69 bits per heavy atom. The van der Waals surface area contributed by atoms with Gasteiger partial charge in [-0.25, -0.2) is 0 Å². The lowest BCUT2D eigenvalue weighted by atomic mass is 10.2. The third kappa shape index (κ3) is 2.26. The van der Waals surface area contributed by atoms with E-state index in [1.807, 2.05) is 0 Å². The van der Waals surface area contributed by atoms with E-state index in [2.05, 4.69) is 31.9 Å². The standard InChI is InChI=1S/C8H14N4O/c1-12-3-2-7(5-12)9-4-8-10-6-13-11-8/h6-7,9H,2-5H2,1H3. The van der Waals surface area contributed by atoms with Gasteiger partial charge in [-0.05, 0) is 20.0 Å². The van der Waals surface area contributed by atoms with Crippen molar-refractivity contribution in [3.05, 3.63) is 12.2 Å². The van der Waals surface area contributed by atoms with Crippen molar-refractivity contribution in [1.82, 2.24) is 20.4 Å². The minimum Gasteiger partial charge on any atom is -0.343 e. The van der Waals surface area contributed by atoms with E-state index in [9.17, 15) is 0 Å². The molecule has 0 saturated carbocycles. The van der Waals surface area contributed by atoms with Crippen molar-refractivity contribution in [3.8, 4) is 0 Å². The second kappa shape index (κ2) is 3.85. The first-order chi connectivity index (χ1) is 6.34. The maximum atomic E-state index is 4.64. The summed E-state index contributed by atoms with van der Waals surface area (Å²) in [4.78, 5) is 6.26. The smallest absolute Gasteiger partial charge is 0.213 e. The first-order valence-corrected chi connectivity index (χ1v) is 4.52. The van der Waals surface area contributed by atoms with Crippen LogP contribution in [0, 0.1) is 0 Å². The molecule has 1 aliphatic heterocycles. The Labute approximate surface area is 77.1 Å². The lowest BCUT2D eigenvalue weighted by Gasteiger charge is -2.10. The number of aromatic nitrogens is 2. The molecule has 2 heterocycles. The summed E-state index contributed by atoms with van der Waals surface area (Å²) >= 11 is 0. The third-order valence-corrected chi connectivity index (χ3v) is 2.35. The molecule has 13 heavy (non-hydrogen) atoms. The molecule has 0 aliphatic carbocycles. The van der Waals surface area contributed by atoms with Crippen molar-refractivity contribution in [3.63, 3.8) is 0 Å². The van der Waals surface area contributed by atoms with Crippen molar-refractivity contribution in [2.75, 3.05) is 20.1 Å². The predicted molar refractivity (Wildman–Crippen MR) is 47.0 cm³/mol. The first-order valence-electron chi connectivity index (χ1n) is 4.52. The van der Waals surface area contributed by atoms with Crippen molar-refractivity contribution in [2.24, 2.45) is 0 Å². The van der Waals surface area contributed by atoms with Gasteiger partial charge < -0.3 is 14.7 Å². The van der Waals surface area contributed by atoms with Crippen LogP contribution in [-0.2, 0) is 6.54 Å². The number of hydrogen-bond donors (Lipinski definition) is 1. The van der Waals surface area contributed by atoms with E-state index in [0.717, 1.165) is 12.4 Å². The number of hydrogen-bond acceptors (Lipinski definition) is 5. The van der Waals surface area contributed by atoms with Gasteiger partial charge in [0.05, 0.1) is 6.54 Å². The fourth-order valence-electron chi connectivity index (χ4n) is 1.61. The molecular weight excluding hydrogens is 168 g/mol. The van der Waals surface area contributed by atoms with E-state index < -0.39 is 0 Å². The van der Waals surface area contributed by atoms with Crippen molar-refractivity contribution in [2.45, 2.75) is 19.0 Å². The SMILES string of the molecule is CN1CCC(NCc2ncon2)C1. The Kier molecular flexibility index (Phi) is 2.56. The second-order valence-corrected chi connectivity index (χ2v) is 3.48. The molecular formula is C8H14N4O. The van der Waals surface area contributed by atoms with E-state index in [-0.39, 0.29) is 0 Å². The number of rotatable bonds is 3. The zero-order valence-corrected chi connectivity index (χ0v) is 7.73. The summed E-state index contributed by atoms with van der Waals surface area (Å²) in [5.41, 5.74) is 0. The van der Waals surface area contributed by atoms with Crippen LogP contribution in [-0.4, -0.2) is 41.2 Å². The molecule has 1 aliphatic rings. The summed E-state index contributed by atoms with van der Waals surface area (Å²) < 4.78 is 4.64. The van der Waals surface area contributed by atoms with Gasteiger partial charge in [0.15, 0.2) is 5.82 Å². The van der Waals surface area contributed by atoms with Crippen LogP contribution in [0.1, 0.15) is 12.2 Å².